The minimum absolute atomic E-state index is 0.252. The molecule has 0 unspecified atom stereocenters. The Balaban J connectivity index is 2.65. The summed E-state index contributed by atoms with van der Waals surface area (Å²) in [4.78, 5) is 7.85. The van der Waals surface area contributed by atoms with Gasteiger partial charge in [0.2, 0.25) is 10.0 Å². The number of nitrogens with zero attached hydrogens (tertiary/aromatic N) is 2. The van der Waals surface area contributed by atoms with Gasteiger partial charge in [-0.3, -0.25) is 0 Å². The van der Waals surface area contributed by atoms with Crippen molar-refractivity contribution in [1.29, 1.82) is 0 Å². The van der Waals surface area contributed by atoms with Gasteiger partial charge in [-0.15, -0.1) is 0 Å². The number of halogens is 1. The Morgan fingerprint density at radius 1 is 1.35 bits per heavy atom. The Bertz CT molecular complexity index is 490. The summed E-state index contributed by atoms with van der Waals surface area (Å²) in [5.41, 5.74) is -0.644. The molecular weight excluding hydrogens is 264 g/mol. The summed E-state index contributed by atoms with van der Waals surface area (Å²) < 4.78 is 24.8. The summed E-state index contributed by atoms with van der Waals surface area (Å²) in [6.07, 6.45) is 4.10. The first kappa shape index (κ1) is 14.1. The maximum atomic E-state index is 11.1. The Kier molecular flexibility index (Phi) is 4.29. The molecule has 0 radical (unpaired) electrons. The highest BCUT2D eigenvalue weighted by atomic mass is 35.5. The zero-order valence-electron chi connectivity index (χ0n) is 9.86. The lowest BCUT2D eigenvalue weighted by Crippen LogP contribution is -2.47. The zero-order valence-corrected chi connectivity index (χ0v) is 11.4. The zero-order chi connectivity index (χ0) is 13.1. The average molecular weight is 279 g/mol. The summed E-state index contributed by atoms with van der Waals surface area (Å²) in [5, 5.41) is 3.20. The topological polar surface area (TPSA) is 84.0 Å². The summed E-state index contributed by atoms with van der Waals surface area (Å²) in [7, 11) is -3.26. The minimum Gasteiger partial charge on any atom is -0.366 e. The fourth-order valence-electron chi connectivity index (χ4n) is 1.28. The van der Waals surface area contributed by atoms with Gasteiger partial charge in [-0.05, 0) is 13.8 Å². The molecule has 8 heteroatoms. The van der Waals surface area contributed by atoms with Crippen molar-refractivity contribution in [3.05, 3.63) is 17.5 Å². The van der Waals surface area contributed by atoms with Crippen LogP contribution in [0.2, 0.25) is 5.15 Å². The number of hydrogen-bond donors (Lipinski definition) is 2. The molecule has 0 aliphatic carbocycles. The number of aromatic nitrogens is 2. The van der Waals surface area contributed by atoms with Gasteiger partial charge in [0, 0.05) is 24.5 Å². The predicted octanol–water partition coefficient (Wildman–Crippen LogP) is 0.870. The lowest BCUT2D eigenvalue weighted by atomic mass is 10.1. The number of rotatable bonds is 5. The van der Waals surface area contributed by atoms with Gasteiger partial charge < -0.3 is 5.32 Å². The maximum absolute atomic E-state index is 11.1. The molecular formula is C9H15ClN4O2S. The first-order chi connectivity index (χ1) is 7.70. The molecule has 0 bridgehead atoms. The van der Waals surface area contributed by atoms with E-state index in [4.69, 9.17) is 11.6 Å². The van der Waals surface area contributed by atoms with Gasteiger partial charge in [0.1, 0.15) is 0 Å². The average Bonchev–Trinajstić information content (AvgIpc) is 2.13. The normalized spacial score (nSPS) is 12.5. The van der Waals surface area contributed by atoms with E-state index in [9.17, 15) is 8.42 Å². The van der Waals surface area contributed by atoms with Crippen molar-refractivity contribution in [2.24, 2.45) is 0 Å². The summed E-state index contributed by atoms with van der Waals surface area (Å²) in [6.45, 7) is 3.86. The molecule has 1 aromatic heterocycles. The van der Waals surface area contributed by atoms with Gasteiger partial charge in [-0.2, -0.15) is 0 Å². The van der Waals surface area contributed by atoms with E-state index in [0.717, 1.165) is 6.26 Å². The van der Waals surface area contributed by atoms with Crippen LogP contribution in [-0.2, 0) is 10.0 Å². The van der Waals surface area contributed by atoms with E-state index in [-0.39, 0.29) is 5.15 Å². The first-order valence-corrected chi connectivity index (χ1v) is 7.16. The van der Waals surface area contributed by atoms with E-state index < -0.39 is 15.6 Å². The number of sulfonamides is 1. The van der Waals surface area contributed by atoms with Crippen LogP contribution in [0.1, 0.15) is 13.8 Å². The molecule has 2 N–H and O–H groups in total. The second-order valence-corrected chi connectivity index (χ2v) is 6.41. The Labute approximate surface area is 106 Å². The number of hydrogen-bond acceptors (Lipinski definition) is 5. The van der Waals surface area contributed by atoms with Crippen molar-refractivity contribution in [1.82, 2.24) is 14.7 Å². The van der Waals surface area contributed by atoms with E-state index in [1.807, 2.05) is 0 Å². The molecule has 1 heterocycles. The van der Waals surface area contributed by atoms with Gasteiger partial charge in [-0.1, -0.05) is 11.6 Å². The second kappa shape index (κ2) is 5.16. The molecule has 0 saturated carbocycles. The van der Waals surface area contributed by atoms with Crippen LogP contribution in [0.4, 0.5) is 5.82 Å². The molecule has 1 aromatic rings. The van der Waals surface area contributed by atoms with Gasteiger partial charge in [-0.25, -0.2) is 23.1 Å². The molecule has 1 rings (SSSR count). The van der Waals surface area contributed by atoms with E-state index in [1.54, 1.807) is 13.8 Å². The van der Waals surface area contributed by atoms with Crippen molar-refractivity contribution in [2.75, 3.05) is 18.1 Å². The molecule has 0 spiro atoms. The van der Waals surface area contributed by atoms with E-state index in [1.165, 1.54) is 12.4 Å². The predicted molar refractivity (Wildman–Crippen MR) is 67.6 cm³/mol. The fraction of sp³-hybridized carbons (Fsp3) is 0.556. The highest BCUT2D eigenvalue weighted by Gasteiger charge is 2.22. The Hall–Kier alpha value is -0.920. The van der Waals surface area contributed by atoms with Gasteiger partial charge in [0.15, 0.2) is 11.0 Å². The van der Waals surface area contributed by atoms with Crippen LogP contribution in [0.3, 0.4) is 0 Å². The first-order valence-electron chi connectivity index (χ1n) is 4.89. The van der Waals surface area contributed by atoms with Gasteiger partial charge >= 0.3 is 0 Å². The smallest absolute Gasteiger partial charge is 0.209 e. The van der Waals surface area contributed by atoms with Crippen LogP contribution in [-0.4, -0.2) is 36.7 Å². The van der Waals surface area contributed by atoms with Crippen LogP contribution in [0, 0.1) is 0 Å². The van der Waals surface area contributed by atoms with Crippen LogP contribution in [0.5, 0.6) is 0 Å². The lowest BCUT2D eigenvalue weighted by molar-refractivity contribution is 0.476. The lowest BCUT2D eigenvalue weighted by Gasteiger charge is -2.25. The van der Waals surface area contributed by atoms with Crippen LogP contribution < -0.4 is 10.0 Å². The quantitative estimate of drug-likeness (QED) is 0.835. The van der Waals surface area contributed by atoms with Crippen molar-refractivity contribution >= 4 is 27.4 Å². The third-order valence-electron chi connectivity index (χ3n) is 1.81. The third-order valence-corrected chi connectivity index (χ3v) is 3.01. The molecule has 0 saturated heterocycles. The molecule has 0 aliphatic rings. The molecule has 0 atom stereocenters. The molecule has 96 valence electrons. The van der Waals surface area contributed by atoms with Crippen LogP contribution in [0.15, 0.2) is 12.4 Å². The van der Waals surface area contributed by atoms with Gasteiger partial charge in [0.25, 0.3) is 0 Å². The monoisotopic (exact) mass is 278 g/mol. The van der Waals surface area contributed by atoms with E-state index in [0.29, 0.717) is 12.4 Å². The molecule has 0 aromatic carbocycles. The van der Waals surface area contributed by atoms with Crippen LogP contribution >= 0.6 is 11.6 Å². The highest BCUT2D eigenvalue weighted by Crippen LogP contribution is 2.15. The maximum Gasteiger partial charge on any atom is 0.209 e. The minimum atomic E-state index is -3.26. The molecule has 17 heavy (non-hydrogen) atoms. The Morgan fingerprint density at radius 2 is 1.94 bits per heavy atom. The Morgan fingerprint density at radius 3 is 2.47 bits per heavy atom. The SMILES string of the molecule is CC(C)(CNc1nccnc1Cl)NS(C)(=O)=O. The largest absolute Gasteiger partial charge is 0.366 e. The number of nitrogens with one attached hydrogen (secondary N) is 2. The standard InChI is InChI=1S/C9H15ClN4O2S/c1-9(2,14-17(3,15)16)6-13-8-7(10)11-4-5-12-8/h4-5,14H,6H2,1-3H3,(H,12,13). The molecule has 6 nitrogen and oxygen atoms in total. The second-order valence-electron chi connectivity index (χ2n) is 4.31. The van der Waals surface area contributed by atoms with E-state index >= 15 is 0 Å². The fourth-order valence-corrected chi connectivity index (χ4v) is 2.53. The number of anilines is 1. The van der Waals surface area contributed by atoms with E-state index in [2.05, 4.69) is 20.0 Å². The summed E-state index contributed by atoms with van der Waals surface area (Å²) in [5.74, 6) is 0.428. The van der Waals surface area contributed by atoms with Crippen molar-refractivity contribution in [3.8, 4) is 0 Å². The molecule has 0 aliphatic heterocycles. The van der Waals surface area contributed by atoms with Crippen molar-refractivity contribution in [3.63, 3.8) is 0 Å². The highest BCUT2D eigenvalue weighted by molar-refractivity contribution is 7.88. The van der Waals surface area contributed by atoms with Gasteiger partial charge in [0.05, 0.1) is 6.26 Å². The molecule has 0 amide bonds. The van der Waals surface area contributed by atoms with Crippen molar-refractivity contribution in [2.45, 2.75) is 19.4 Å². The van der Waals surface area contributed by atoms with Crippen LogP contribution in [0.25, 0.3) is 0 Å². The third kappa shape index (κ3) is 5.29. The van der Waals surface area contributed by atoms with Crippen molar-refractivity contribution < 1.29 is 8.42 Å². The molecule has 0 fully saturated rings. The summed E-state index contributed by atoms with van der Waals surface area (Å²) >= 11 is 5.81. The summed E-state index contributed by atoms with van der Waals surface area (Å²) in [6, 6.07) is 0.